The van der Waals surface area contributed by atoms with Crippen LogP contribution in [0.2, 0.25) is 0 Å². The van der Waals surface area contributed by atoms with Gasteiger partial charge in [-0.1, -0.05) is 0 Å². The van der Waals surface area contributed by atoms with Crippen LogP contribution < -0.4 is 0 Å². The van der Waals surface area contributed by atoms with Crippen LogP contribution in [0.25, 0.3) is 0 Å². The summed E-state index contributed by atoms with van der Waals surface area (Å²) in [7, 11) is 0. The monoisotopic (exact) mass is 291 g/mol. The summed E-state index contributed by atoms with van der Waals surface area (Å²) < 4.78 is 0. The molecule has 1 amide bonds. The predicted molar refractivity (Wildman–Crippen MR) is 81.5 cm³/mol. The van der Waals surface area contributed by atoms with Crippen molar-refractivity contribution in [3.63, 3.8) is 0 Å². The van der Waals surface area contributed by atoms with E-state index in [0.717, 1.165) is 31.2 Å². The summed E-state index contributed by atoms with van der Waals surface area (Å²) in [4.78, 5) is 15.3. The molecule has 4 bridgehead atoms. The summed E-state index contributed by atoms with van der Waals surface area (Å²) in [6.07, 6.45) is 8.84. The summed E-state index contributed by atoms with van der Waals surface area (Å²) in [6, 6.07) is 0.373. The highest BCUT2D eigenvalue weighted by Crippen LogP contribution is 2.57. The Kier molecular flexibility index (Phi) is 3.52. The van der Waals surface area contributed by atoms with Crippen molar-refractivity contribution >= 4 is 5.91 Å². The molecule has 4 saturated carbocycles. The number of amides is 1. The Morgan fingerprint density at radius 3 is 2.24 bits per heavy atom. The summed E-state index contributed by atoms with van der Waals surface area (Å²) in [5.74, 6) is 4.28. The van der Waals surface area contributed by atoms with Gasteiger partial charge in [0.1, 0.15) is 0 Å². The van der Waals surface area contributed by atoms with E-state index in [0.29, 0.717) is 35.6 Å². The molecule has 1 aliphatic heterocycles. The van der Waals surface area contributed by atoms with E-state index < -0.39 is 0 Å². The van der Waals surface area contributed by atoms with Gasteiger partial charge in [-0.05, 0) is 81.5 Å². The molecule has 3 heteroatoms. The molecule has 2 atom stereocenters. The van der Waals surface area contributed by atoms with E-state index in [2.05, 4.69) is 11.8 Å². The minimum Gasteiger partial charge on any atom is -0.396 e. The molecule has 118 valence electrons. The number of aliphatic hydroxyl groups is 1. The van der Waals surface area contributed by atoms with Crippen molar-refractivity contribution in [2.75, 3.05) is 13.2 Å². The molecule has 1 N–H and O–H groups in total. The molecule has 0 aromatic carbocycles. The number of piperidine rings is 1. The second kappa shape index (κ2) is 5.26. The van der Waals surface area contributed by atoms with Crippen molar-refractivity contribution in [3.05, 3.63) is 0 Å². The fraction of sp³-hybridized carbons (Fsp3) is 0.944. The van der Waals surface area contributed by atoms with Crippen molar-refractivity contribution in [3.8, 4) is 0 Å². The lowest BCUT2D eigenvalue weighted by molar-refractivity contribution is -0.153. The summed E-state index contributed by atoms with van der Waals surface area (Å²) >= 11 is 0. The quantitative estimate of drug-likeness (QED) is 0.850. The van der Waals surface area contributed by atoms with Crippen LogP contribution in [-0.2, 0) is 4.79 Å². The third-order valence-electron chi connectivity index (χ3n) is 7.03. The van der Waals surface area contributed by atoms with Gasteiger partial charge in [0, 0.05) is 25.1 Å². The van der Waals surface area contributed by atoms with Gasteiger partial charge in [0.15, 0.2) is 0 Å². The van der Waals surface area contributed by atoms with Crippen molar-refractivity contribution in [1.29, 1.82) is 0 Å². The van der Waals surface area contributed by atoms with E-state index in [1.54, 1.807) is 0 Å². The van der Waals surface area contributed by atoms with Crippen LogP contribution in [0, 0.1) is 35.5 Å². The molecule has 0 aromatic heterocycles. The van der Waals surface area contributed by atoms with E-state index in [4.69, 9.17) is 0 Å². The van der Waals surface area contributed by atoms with Gasteiger partial charge in [0.25, 0.3) is 0 Å². The average Bonchev–Trinajstić information content (AvgIpc) is 2.46. The molecule has 5 fully saturated rings. The Bertz CT molecular complexity index is 393. The zero-order valence-corrected chi connectivity index (χ0v) is 13.2. The smallest absolute Gasteiger partial charge is 0.226 e. The standard InChI is InChI=1S/C18H29NO2/c1-11-2-3-12(10-20)9-19(11)18(21)17-15-5-13-4-14(7-15)8-16(17)6-13/h11-17,20H,2-10H2,1H3. The van der Waals surface area contributed by atoms with Gasteiger partial charge in [-0.3, -0.25) is 4.79 Å². The van der Waals surface area contributed by atoms with Gasteiger partial charge < -0.3 is 10.0 Å². The Morgan fingerprint density at radius 1 is 1.05 bits per heavy atom. The lowest BCUT2D eigenvalue weighted by Gasteiger charge is -2.55. The lowest BCUT2D eigenvalue weighted by atomic mass is 9.51. The number of hydrogen-bond acceptors (Lipinski definition) is 2. The van der Waals surface area contributed by atoms with Gasteiger partial charge in [-0.2, -0.15) is 0 Å². The number of carbonyl (C=O) groups excluding carboxylic acids is 1. The highest BCUT2D eigenvalue weighted by molar-refractivity contribution is 5.80. The van der Waals surface area contributed by atoms with Gasteiger partial charge in [0.05, 0.1) is 0 Å². The number of likely N-dealkylation sites (tertiary alicyclic amines) is 1. The highest BCUT2D eigenvalue weighted by atomic mass is 16.3. The maximum atomic E-state index is 13.2. The zero-order chi connectivity index (χ0) is 14.6. The molecule has 0 aromatic rings. The average molecular weight is 291 g/mol. The molecule has 2 unspecified atom stereocenters. The fourth-order valence-corrected chi connectivity index (χ4v) is 6.16. The molecule has 1 saturated heterocycles. The molecule has 0 radical (unpaired) electrons. The van der Waals surface area contributed by atoms with Crippen LogP contribution in [0.15, 0.2) is 0 Å². The zero-order valence-electron chi connectivity index (χ0n) is 13.2. The van der Waals surface area contributed by atoms with Crippen LogP contribution >= 0.6 is 0 Å². The molecular formula is C18H29NO2. The Balaban J connectivity index is 1.51. The molecule has 0 spiro atoms. The molecule has 4 aliphatic carbocycles. The SMILES string of the molecule is CC1CCC(CO)CN1C(=O)C1C2CC3CC(C2)CC1C3. The Hall–Kier alpha value is -0.570. The number of aliphatic hydroxyl groups excluding tert-OH is 1. The molecule has 1 heterocycles. The van der Waals surface area contributed by atoms with E-state index in [1.165, 1.54) is 32.1 Å². The van der Waals surface area contributed by atoms with Crippen molar-refractivity contribution < 1.29 is 9.90 Å². The van der Waals surface area contributed by atoms with Crippen LogP contribution in [0.1, 0.15) is 51.9 Å². The van der Waals surface area contributed by atoms with Crippen LogP contribution in [0.4, 0.5) is 0 Å². The Labute approximate surface area is 128 Å². The number of hydrogen-bond donors (Lipinski definition) is 1. The normalized spacial score (nSPS) is 48.7. The van der Waals surface area contributed by atoms with E-state index in [-0.39, 0.29) is 6.61 Å². The van der Waals surface area contributed by atoms with Gasteiger partial charge in [-0.25, -0.2) is 0 Å². The first-order chi connectivity index (χ1) is 10.2. The lowest BCUT2D eigenvalue weighted by Crippen LogP contribution is -2.55. The molecular weight excluding hydrogens is 262 g/mol. The van der Waals surface area contributed by atoms with E-state index >= 15 is 0 Å². The van der Waals surface area contributed by atoms with Gasteiger partial charge >= 0.3 is 0 Å². The number of carbonyl (C=O) groups is 1. The van der Waals surface area contributed by atoms with Crippen molar-refractivity contribution in [2.24, 2.45) is 35.5 Å². The van der Waals surface area contributed by atoms with Crippen molar-refractivity contribution in [2.45, 2.75) is 57.9 Å². The van der Waals surface area contributed by atoms with Crippen LogP contribution in [0.5, 0.6) is 0 Å². The first-order valence-corrected chi connectivity index (χ1v) is 9.07. The van der Waals surface area contributed by atoms with Crippen LogP contribution in [-0.4, -0.2) is 35.1 Å². The molecule has 21 heavy (non-hydrogen) atoms. The fourth-order valence-electron chi connectivity index (χ4n) is 6.16. The first-order valence-electron chi connectivity index (χ1n) is 9.07. The first kappa shape index (κ1) is 14.0. The predicted octanol–water partition coefficient (Wildman–Crippen LogP) is 2.68. The maximum Gasteiger partial charge on any atom is 0.226 e. The van der Waals surface area contributed by atoms with Crippen molar-refractivity contribution in [1.82, 2.24) is 4.90 Å². The Morgan fingerprint density at radius 2 is 1.67 bits per heavy atom. The summed E-state index contributed by atoms with van der Waals surface area (Å²) in [5, 5.41) is 9.45. The third kappa shape index (κ3) is 2.32. The minimum atomic E-state index is 0.234. The summed E-state index contributed by atoms with van der Waals surface area (Å²) in [6.45, 7) is 3.22. The highest BCUT2D eigenvalue weighted by Gasteiger charge is 2.52. The topological polar surface area (TPSA) is 40.5 Å². The van der Waals surface area contributed by atoms with E-state index in [1.807, 2.05) is 0 Å². The van der Waals surface area contributed by atoms with Gasteiger partial charge in [0.2, 0.25) is 5.91 Å². The molecule has 3 nitrogen and oxygen atoms in total. The third-order valence-corrected chi connectivity index (χ3v) is 7.03. The minimum absolute atomic E-state index is 0.234. The molecule has 5 rings (SSSR count). The van der Waals surface area contributed by atoms with E-state index in [9.17, 15) is 9.90 Å². The molecule has 5 aliphatic rings. The van der Waals surface area contributed by atoms with Crippen LogP contribution in [0.3, 0.4) is 0 Å². The largest absolute Gasteiger partial charge is 0.396 e. The number of nitrogens with zero attached hydrogens (tertiary/aromatic N) is 1. The second-order valence-electron chi connectivity index (χ2n) is 8.42. The maximum absolute atomic E-state index is 13.2. The van der Waals surface area contributed by atoms with Gasteiger partial charge in [-0.15, -0.1) is 0 Å². The summed E-state index contributed by atoms with van der Waals surface area (Å²) in [5.41, 5.74) is 0. The second-order valence-corrected chi connectivity index (χ2v) is 8.42. The number of rotatable bonds is 2.